The van der Waals surface area contributed by atoms with Crippen LogP contribution in [0.1, 0.15) is 39.5 Å². The van der Waals surface area contributed by atoms with E-state index in [9.17, 15) is 0 Å². The van der Waals surface area contributed by atoms with Gasteiger partial charge in [-0.2, -0.15) is 0 Å². The summed E-state index contributed by atoms with van der Waals surface area (Å²) in [6, 6.07) is 1.53. The fourth-order valence-electron chi connectivity index (χ4n) is 2.24. The molecule has 0 aliphatic carbocycles. The lowest BCUT2D eigenvalue weighted by Gasteiger charge is -2.25. The van der Waals surface area contributed by atoms with Gasteiger partial charge in [0.05, 0.1) is 0 Å². The van der Waals surface area contributed by atoms with Gasteiger partial charge < -0.3 is 4.43 Å². The van der Waals surface area contributed by atoms with Gasteiger partial charge in [0.2, 0.25) is 0 Å². The molecule has 0 aromatic carbocycles. The third kappa shape index (κ3) is 4.58. The lowest BCUT2D eigenvalue weighted by Crippen LogP contribution is -2.38. The summed E-state index contributed by atoms with van der Waals surface area (Å²) >= 11 is 0. The van der Waals surface area contributed by atoms with E-state index in [1.165, 1.54) is 25.3 Å². The van der Waals surface area contributed by atoms with Crippen molar-refractivity contribution in [2.45, 2.75) is 51.1 Å². The molecule has 13 heavy (non-hydrogen) atoms. The highest BCUT2D eigenvalue weighted by atomic mass is 29.5. The smallest absolute Gasteiger partial charge is 0.140 e. The highest BCUT2D eigenvalue weighted by Crippen LogP contribution is 2.21. The first-order chi connectivity index (χ1) is 6.34. The van der Waals surface area contributed by atoms with Crippen LogP contribution in [0.4, 0.5) is 0 Å². The Morgan fingerprint density at radius 3 is 2.92 bits per heavy atom. The molecule has 0 radical (unpaired) electrons. The molecular weight excluding hydrogens is 208 g/mol. The molecule has 1 rings (SSSR count). The maximum Gasteiger partial charge on any atom is 0.140 e. The summed E-state index contributed by atoms with van der Waals surface area (Å²) in [6.07, 6.45) is 5.89. The second-order valence-electron chi connectivity index (χ2n) is 4.42. The van der Waals surface area contributed by atoms with Crippen molar-refractivity contribution in [3.05, 3.63) is 0 Å². The van der Waals surface area contributed by atoms with Crippen molar-refractivity contribution in [1.82, 2.24) is 0 Å². The van der Waals surface area contributed by atoms with E-state index in [1.54, 1.807) is 6.42 Å². The zero-order chi connectivity index (χ0) is 9.52. The first-order valence-corrected chi connectivity index (χ1v) is 15.2. The van der Waals surface area contributed by atoms with E-state index in [0.717, 1.165) is 12.1 Å². The zero-order valence-corrected chi connectivity index (χ0v) is 13.2. The van der Waals surface area contributed by atoms with E-state index < -0.39 is 0 Å². The van der Waals surface area contributed by atoms with Gasteiger partial charge in [0.15, 0.2) is 0 Å². The second kappa shape index (κ2) is 6.98. The molecule has 1 aliphatic rings. The Balaban J connectivity index is 2.09. The van der Waals surface area contributed by atoms with E-state index >= 15 is 0 Å². The summed E-state index contributed by atoms with van der Waals surface area (Å²) in [5.74, 6) is 0. The standard InChI is InChI=1S/C9H24OSi3/c1-3-4-5-6-9(2)13-8-7-10-11-12-13/h9,13H,3-8,11-12H2,1-2H3. The summed E-state index contributed by atoms with van der Waals surface area (Å²) in [5, 5.41) is 0. The van der Waals surface area contributed by atoms with Crippen LogP contribution >= 0.6 is 0 Å². The number of hydrogen-bond donors (Lipinski definition) is 0. The molecule has 0 bridgehead atoms. The van der Waals surface area contributed by atoms with Gasteiger partial charge in [-0.05, 0) is 6.04 Å². The molecule has 0 N–H and O–H groups in total. The maximum absolute atomic E-state index is 5.61. The highest BCUT2D eigenvalue weighted by Gasteiger charge is 2.21. The Bertz CT molecular complexity index is 126. The molecule has 0 amide bonds. The molecule has 0 saturated carbocycles. The van der Waals surface area contributed by atoms with Crippen LogP contribution in [0.5, 0.6) is 0 Å². The molecule has 1 nitrogen and oxygen atoms in total. The molecule has 1 fully saturated rings. The minimum absolute atomic E-state index is 0.0904. The third-order valence-electron chi connectivity index (χ3n) is 3.33. The van der Waals surface area contributed by atoms with Gasteiger partial charge in [-0.15, -0.1) is 0 Å². The fourth-order valence-corrected chi connectivity index (χ4v) is 23.8. The Morgan fingerprint density at radius 1 is 1.46 bits per heavy atom. The Hall–Kier alpha value is 0.611. The normalized spacial score (nSPS) is 29.5. The van der Waals surface area contributed by atoms with Crippen LogP contribution in [0, 0.1) is 0 Å². The van der Waals surface area contributed by atoms with E-state index in [0.29, 0.717) is 8.55 Å². The van der Waals surface area contributed by atoms with Crippen molar-refractivity contribution >= 4 is 26.1 Å². The minimum Gasteiger partial charge on any atom is -0.428 e. The van der Waals surface area contributed by atoms with Crippen molar-refractivity contribution < 1.29 is 4.43 Å². The number of hydrogen-bond acceptors (Lipinski definition) is 1. The van der Waals surface area contributed by atoms with E-state index in [4.69, 9.17) is 4.43 Å². The first kappa shape index (κ1) is 11.7. The van der Waals surface area contributed by atoms with Crippen molar-refractivity contribution in [1.29, 1.82) is 0 Å². The quantitative estimate of drug-likeness (QED) is 0.505. The predicted octanol–water partition coefficient (Wildman–Crippen LogP) is 0.878. The molecule has 2 atom stereocenters. The predicted molar refractivity (Wildman–Crippen MR) is 68.6 cm³/mol. The summed E-state index contributed by atoms with van der Waals surface area (Å²) in [7, 11) is 0.299. The molecule has 1 heterocycles. The molecule has 78 valence electrons. The fraction of sp³-hybridized carbons (Fsp3) is 1.00. The van der Waals surface area contributed by atoms with Crippen molar-refractivity contribution in [2.75, 3.05) is 6.61 Å². The van der Waals surface area contributed by atoms with E-state index in [-0.39, 0.29) is 17.6 Å². The van der Waals surface area contributed by atoms with E-state index in [2.05, 4.69) is 13.8 Å². The van der Waals surface area contributed by atoms with Crippen LogP contribution in [0.3, 0.4) is 0 Å². The third-order valence-corrected chi connectivity index (χ3v) is 24.0. The number of rotatable bonds is 5. The van der Waals surface area contributed by atoms with Gasteiger partial charge in [0.1, 0.15) is 9.28 Å². The van der Waals surface area contributed by atoms with E-state index in [1.807, 2.05) is 0 Å². The number of unbranched alkanes of at least 4 members (excludes halogenated alkanes) is 2. The Kier molecular flexibility index (Phi) is 6.27. The second-order valence-corrected chi connectivity index (χ2v) is 20.4. The minimum atomic E-state index is -0.187. The van der Waals surface area contributed by atoms with Crippen molar-refractivity contribution in [2.24, 2.45) is 0 Å². The van der Waals surface area contributed by atoms with Gasteiger partial charge in [-0.25, -0.2) is 0 Å². The Labute approximate surface area is 88.6 Å². The maximum atomic E-state index is 5.61. The van der Waals surface area contributed by atoms with Crippen LogP contribution in [0.25, 0.3) is 0 Å². The zero-order valence-electron chi connectivity index (χ0n) is 9.22. The molecule has 2 unspecified atom stereocenters. The average Bonchev–Trinajstić information content (AvgIpc) is 2.19. The summed E-state index contributed by atoms with van der Waals surface area (Å²) in [4.78, 5) is 0. The highest BCUT2D eigenvalue weighted by molar-refractivity contribution is 7.35. The summed E-state index contributed by atoms with van der Waals surface area (Å²) < 4.78 is 5.61. The van der Waals surface area contributed by atoms with Crippen LogP contribution in [0.2, 0.25) is 11.6 Å². The van der Waals surface area contributed by atoms with Crippen LogP contribution < -0.4 is 0 Å². The molecule has 1 saturated heterocycles. The lowest BCUT2D eigenvalue weighted by molar-refractivity contribution is 0.366. The average molecular weight is 233 g/mol. The van der Waals surface area contributed by atoms with Crippen molar-refractivity contribution in [3.8, 4) is 0 Å². The molecular formula is C9H24OSi3. The largest absolute Gasteiger partial charge is 0.428 e. The van der Waals surface area contributed by atoms with Crippen molar-refractivity contribution in [3.63, 3.8) is 0 Å². The monoisotopic (exact) mass is 232 g/mol. The summed E-state index contributed by atoms with van der Waals surface area (Å²) in [6.45, 7) is 6.01. The van der Waals surface area contributed by atoms with Gasteiger partial charge in [-0.1, -0.05) is 45.1 Å². The van der Waals surface area contributed by atoms with Crippen LogP contribution in [0.15, 0.2) is 0 Å². The SMILES string of the molecule is CCCCCC(C)[SiH]1CCO[SiH2][SiH2]1. The van der Waals surface area contributed by atoms with Gasteiger partial charge in [-0.3, -0.25) is 0 Å². The van der Waals surface area contributed by atoms with Gasteiger partial charge in [0, 0.05) is 23.5 Å². The van der Waals surface area contributed by atoms with Gasteiger partial charge in [0.25, 0.3) is 0 Å². The molecule has 0 spiro atoms. The van der Waals surface area contributed by atoms with Gasteiger partial charge >= 0.3 is 0 Å². The van der Waals surface area contributed by atoms with Crippen LogP contribution in [-0.4, -0.2) is 32.8 Å². The van der Waals surface area contributed by atoms with Crippen LogP contribution in [-0.2, 0) is 4.43 Å². The molecule has 1 aliphatic heterocycles. The molecule has 0 aromatic heterocycles. The molecule has 0 aromatic rings. The summed E-state index contributed by atoms with van der Waals surface area (Å²) in [5.41, 5.74) is 1.16. The Morgan fingerprint density at radius 2 is 2.31 bits per heavy atom. The first-order valence-electron chi connectivity index (χ1n) is 5.92. The topological polar surface area (TPSA) is 9.23 Å². The molecule has 4 heteroatoms. The lowest BCUT2D eigenvalue weighted by atomic mass is 10.2.